The second kappa shape index (κ2) is 6.71. The fourth-order valence-corrected chi connectivity index (χ4v) is 2.25. The summed E-state index contributed by atoms with van der Waals surface area (Å²) in [6.07, 6.45) is 1.66. The molecule has 0 amide bonds. The molecule has 2 heterocycles. The zero-order chi connectivity index (χ0) is 17.1. The summed E-state index contributed by atoms with van der Waals surface area (Å²) in [5.74, 6) is 0.426. The van der Waals surface area contributed by atoms with E-state index in [9.17, 15) is 0 Å². The van der Waals surface area contributed by atoms with Crippen molar-refractivity contribution in [1.82, 2.24) is 25.3 Å². The Morgan fingerprint density at radius 2 is 2.04 bits per heavy atom. The summed E-state index contributed by atoms with van der Waals surface area (Å²) < 4.78 is 7.03. The molecule has 3 rings (SSSR count). The van der Waals surface area contributed by atoms with Gasteiger partial charge in [0.25, 0.3) is 0 Å². The van der Waals surface area contributed by atoms with Gasteiger partial charge in [0.1, 0.15) is 5.69 Å². The first kappa shape index (κ1) is 16.0. The number of nitrogens with zero attached hydrogens (tertiary/aromatic N) is 7. The number of aromatic nitrogens is 5. The van der Waals surface area contributed by atoms with Crippen molar-refractivity contribution in [3.8, 4) is 5.82 Å². The van der Waals surface area contributed by atoms with Crippen LogP contribution in [-0.2, 0) is 0 Å². The van der Waals surface area contributed by atoms with E-state index in [0.717, 1.165) is 10.0 Å². The van der Waals surface area contributed by atoms with Gasteiger partial charge in [0.05, 0.1) is 17.6 Å². The molecule has 1 aromatic carbocycles. The molecule has 0 atom stereocenters. The average molecular weight is 389 g/mol. The van der Waals surface area contributed by atoms with Crippen molar-refractivity contribution in [3.63, 3.8) is 0 Å². The van der Waals surface area contributed by atoms with Crippen LogP contribution in [0.4, 0.5) is 5.82 Å². The maximum atomic E-state index is 5.67. The molecule has 0 saturated heterocycles. The normalized spacial score (nSPS) is 12.2. The zero-order valence-corrected chi connectivity index (χ0v) is 14.5. The van der Waals surface area contributed by atoms with Crippen molar-refractivity contribution in [3.05, 3.63) is 45.7 Å². The Kier molecular flexibility index (Phi) is 4.47. The van der Waals surface area contributed by atoms with E-state index in [0.29, 0.717) is 17.1 Å². The molecular formula is C14H13BrN8O. The standard InChI is InChI=1S/C14H13BrN8O/c1-8(18-17-7-10-3-5-11(15)6-4-10)12-9(2)23(22-19-12)14-13(16)20-24-21-14/h3-7H,1-2H3,(H2,16,20). The Morgan fingerprint density at radius 3 is 2.71 bits per heavy atom. The minimum atomic E-state index is 0.136. The van der Waals surface area contributed by atoms with E-state index in [1.807, 2.05) is 31.2 Å². The Bertz CT molecular complexity index is 909. The second-order valence-corrected chi connectivity index (χ2v) is 5.81. The van der Waals surface area contributed by atoms with Gasteiger partial charge in [-0.05, 0) is 41.9 Å². The number of anilines is 1. The van der Waals surface area contributed by atoms with Gasteiger partial charge < -0.3 is 5.73 Å². The minimum Gasteiger partial charge on any atom is -0.378 e. The van der Waals surface area contributed by atoms with Crippen molar-refractivity contribution in [2.24, 2.45) is 10.2 Å². The highest BCUT2D eigenvalue weighted by Crippen LogP contribution is 2.15. The number of rotatable bonds is 4. The molecule has 9 nitrogen and oxygen atoms in total. The van der Waals surface area contributed by atoms with E-state index in [2.05, 4.69) is 51.4 Å². The third-order valence-electron chi connectivity index (χ3n) is 3.22. The van der Waals surface area contributed by atoms with E-state index in [1.54, 1.807) is 13.1 Å². The first-order valence-electron chi connectivity index (χ1n) is 6.90. The quantitative estimate of drug-likeness (QED) is 0.539. The highest BCUT2D eigenvalue weighted by molar-refractivity contribution is 9.10. The molecule has 2 aromatic heterocycles. The van der Waals surface area contributed by atoms with Crippen LogP contribution in [0.3, 0.4) is 0 Å². The van der Waals surface area contributed by atoms with E-state index >= 15 is 0 Å². The Hall–Kier alpha value is -2.88. The monoisotopic (exact) mass is 388 g/mol. The molecule has 0 bridgehead atoms. The van der Waals surface area contributed by atoms with Gasteiger partial charge in [-0.3, -0.25) is 0 Å². The van der Waals surface area contributed by atoms with Crippen LogP contribution < -0.4 is 5.73 Å². The molecule has 0 aliphatic heterocycles. The van der Waals surface area contributed by atoms with Crippen LogP contribution in [0, 0.1) is 6.92 Å². The SMILES string of the molecule is CC(=NN=Cc1ccc(Br)cc1)c1nnn(-c2nonc2N)c1C. The highest BCUT2D eigenvalue weighted by Gasteiger charge is 2.17. The minimum absolute atomic E-state index is 0.136. The van der Waals surface area contributed by atoms with Gasteiger partial charge in [-0.2, -0.15) is 14.9 Å². The molecular weight excluding hydrogens is 376 g/mol. The molecule has 0 spiro atoms. The van der Waals surface area contributed by atoms with Crippen molar-refractivity contribution in [1.29, 1.82) is 0 Å². The molecule has 0 aliphatic rings. The first-order valence-corrected chi connectivity index (χ1v) is 7.70. The molecule has 0 unspecified atom stereocenters. The van der Waals surface area contributed by atoms with Crippen LogP contribution in [0.15, 0.2) is 43.6 Å². The van der Waals surface area contributed by atoms with E-state index < -0.39 is 0 Å². The fraction of sp³-hybridized carbons (Fsp3) is 0.143. The zero-order valence-electron chi connectivity index (χ0n) is 12.9. The lowest BCUT2D eigenvalue weighted by Crippen LogP contribution is -2.04. The average Bonchev–Trinajstić information content (AvgIpc) is 3.14. The Labute approximate surface area is 145 Å². The Balaban J connectivity index is 1.82. The fourth-order valence-electron chi connectivity index (χ4n) is 1.98. The molecule has 2 N–H and O–H groups in total. The van der Waals surface area contributed by atoms with Gasteiger partial charge in [0.15, 0.2) is 0 Å². The van der Waals surface area contributed by atoms with Crippen LogP contribution in [0.1, 0.15) is 23.9 Å². The molecule has 0 aliphatic carbocycles. The molecule has 122 valence electrons. The van der Waals surface area contributed by atoms with Crippen LogP contribution in [0.2, 0.25) is 0 Å². The number of nitrogens with two attached hydrogens (primary N) is 1. The predicted octanol–water partition coefficient (Wildman–Crippen LogP) is 2.15. The van der Waals surface area contributed by atoms with Crippen LogP contribution in [-0.4, -0.2) is 37.2 Å². The molecule has 0 saturated carbocycles. The number of nitrogen functional groups attached to an aromatic ring is 1. The predicted molar refractivity (Wildman–Crippen MR) is 92.3 cm³/mol. The van der Waals surface area contributed by atoms with Crippen LogP contribution in [0.25, 0.3) is 5.82 Å². The topological polar surface area (TPSA) is 120 Å². The number of hydrogen-bond acceptors (Lipinski definition) is 8. The third kappa shape index (κ3) is 3.23. The Morgan fingerprint density at radius 1 is 1.29 bits per heavy atom. The highest BCUT2D eigenvalue weighted by atomic mass is 79.9. The maximum absolute atomic E-state index is 5.67. The summed E-state index contributed by atoms with van der Waals surface area (Å²) in [5.41, 5.74) is 8.52. The van der Waals surface area contributed by atoms with E-state index in [-0.39, 0.29) is 11.6 Å². The van der Waals surface area contributed by atoms with Gasteiger partial charge in [0.2, 0.25) is 11.6 Å². The van der Waals surface area contributed by atoms with Gasteiger partial charge in [0, 0.05) is 4.47 Å². The van der Waals surface area contributed by atoms with Gasteiger partial charge in [-0.1, -0.05) is 33.3 Å². The molecule has 3 aromatic rings. The van der Waals surface area contributed by atoms with Gasteiger partial charge in [-0.15, -0.1) is 5.10 Å². The van der Waals surface area contributed by atoms with Crippen molar-refractivity contribution in [2.75, 3.05) is 5.73 Å². The molecule has 24 heavy (non-hydrogen) atoms. The lowest BCUT2D eigenvalue weighted by atomic mass is 10.2. The van der Waals surface area contributed by atoms with E-state index in [4.69, 9.17) is 5.73 Å². The summed E-state index contributed by atoms with van der Waals surface area (Å²) >= 11 is 3.38. The summed E-state index contributed by atoms with van der Waals surface area (Å²) in [6, 6.07) is 7.73. The van der Waals surface area contributed by atoms with Crippen LogP contribution in [0.5, 0.6) is 0 Å². The smallest absolute Gasteiger partial charge is 0.243 e. The van der Waals surface area contributed by atoms with Crippen molar-refractivity contribution < 1.29 is 4.63 Å². The third-order valence-corrected chi connectivity index (χ3v) is 3.75. The summed E-state index contributed by atoms with van der Waals surface area (Å²) in [4.78, 5) is 0. The molecule has 0 radical (unpaired) electrons. The van der Waals surface area contributed by atoms with Gasteiger partial charge >= 0.3 is 0 Å². The first-order chi connectivity index (χ1) is 11.6. The van der Waals surface area contributed by atoms with E-state index in [1.165, 1.54) is 4.68 Å². The largest absolute Gasteiger partial charge is 0.378 e. The maximum Gasteiger partial charge on any atom is 0.243 e. The number of halogens is 1. The lowest BCUT2D eigenvalue weighted by Gasteiger charge is -1.98. The molecule has 10 heteroatoms. The summed E-state index contributed by atoms with van der Waals surface area (Å²) in [6.45, 7) is 3.62. The molecule has 0 fully saturated rings. The number of hydrogen-bond donors (Lipinski definition) is 1. The lowest BCUT2D eigenvalue weighted by molar-refractivity contribution is 0.306. The van der Waals surface area contributed by atoms with Gasteiger partial charge in [-0.25, -0.2) is 4.63 Å². The number of benzene rings is 1. The summed E-state index contributed by atoms with van der Waals surface area (Å²) in [7, 11) is 0. The summed E-state index contributed by atoms with van der Waals surface area (Å²) in [5, 5.41) is 23.6. The van der Waals surface area contributed by atoms with Crippen LogP contribution >= 0.6 is 15.9 Å². The van der Waals surface area contributed by atoms with Crippen molar-refractivity contribution in [2.45, 2.75) is 13.8 Å². The van der Waals surface area contributed by atoms with Crippen molar-refractivity contribution >= 4 is 33.7 Å². The second-order valence-electron chi connectivity index (χ2n) is 4.89.